The summed E-state index contributed by atoms with van der Waals surface area (Å²) in [6.07, 6.45) is 1.28. The van der Waals surface area contributed by atoms with Gasteiger partial charge in [0.05, 0.1) is 17.5 Å². The number of rotatable bonds is 5. The SMILES string of the molecule is CCn1cc(Cc2nn(C)nc2-c2c(F)cc(F)cc2[C@@H](C)O)c(C)n1. The molecule has 26 heavy (non-hydrogen) atoms. The van der Waals surface area contributed by atoms with E-state index in [2.05, 4.69) is 15.3 Å². The van der Waals surface area contributed by atoms with Gasteiger partial charge in [-0.05, 0) is 38.0 Å². The monoisotopic (exact) mass is 361 g/mol. The van der Waals surface area contributed by atoms with E-state index in [1.54, 1.807) is 7.05 Å². The van der Waals surface area contributed by atoms with Crippen molar-refractivity contribution in [3.05, 3.63) is 52.5 Å². The highest BCUT2D eigenvalue weighted by Gasteiger charge is 2.23. The van der Waals surface area contributed by atoms with Crippen molar-refractivity contribution in [2.75, 3.05) is 0 Å². The minimum absolute atomic E-state index is 0.0741. The molecule has 138 valence electrons. The number of aliphatic hydroxyl groups excluding tert-OH is 1. The molecule has 3 aromatic rings. The van der Waals surface area contributed by atoms with E-state index in [1.165, 1.54) is 11.7 Å². The second-order valence-electron chi connectivity index (χ2n) is 6.28. The number of aryl methyl sites for hydroxylation is 3. The first-order chi connectivity index (χ1) is 12.3. The van der Waals surface area contributed by atoms with Gasteiger partial charge in [0.15, 0.2) is 0 Å². The van der Waals surface area contributed by atoms with Crippen molar-refractivity contribution in [1.29, 1.82) is 0 Å². The fourth-order valence-electron chi connectivity index (χ4n) is 3.01. The molecule has 0 aliphatic carbocycles. The third-order valence-corrected chi connectivity index (χ3v) is 4.29. The summed E-state index contributed by atoms with van der Waals surface area (Å²) in [7, 11) is 1.64. The van der Waals surface area contributed by atoms with Crippen LogP contribution in [0.15, 0.2) is 18.3 Å². The number of aliphatic hydroxyl groups is 1. The van der Waals surface area contributed by atoms with Crippen molar-refractivity contribution in [1.82, 2.24) is 24.8 Å². The summed E-state index contributed by atoms with van der Waals surface area (Å²) in [5.41, 5.74) is 2.87. The Labute approximate surface area is 150 Å². The molecule has 0 spiro atoms. The summed E-state index contributed by atoms with van der Waals surface area (Å²) < 4.78 is 30.0. The van der Waals surface area contributed by atoms with Crippen LogP contribution in [0.4, 0.5) is 8.78 Å². The van der Waals surface area contributed by atoms with E-state index in [4.69, 9.17) is 0 Å². The lowest BCUT2D eigenvalue weighted by atomic mass is 9.97. The van der Waals surface area contributed by atoms with Crippen molar-refractivity contribution in [2.24, 2.45) is 7.05 Å². The zero-order chi connectivity index (χ0) is 19.0. The van der Waals surface area contributed by atoms with Gasteiger partial charge in [-0.25, -0.2) is 8.78 Å². The predicted molar refractivity (Wildman–Crippen MR) is 92.4 cm³/mol. The van der Waals surface area contributed by atoms with Gasteiger partial charge in [0.1, 0.15) is 17.3 Å². The Morgan fingerprint density at radius 1 is 1.19 bits per heavy atom. The summed E-state index contributed by atoms with van der Waals surface area (Å²) in [6, 6.07) is 1.92. The van der Waals surface area contributed by atoms with Gasteiger partial charge in [-0.15, -0.1) is 0 Å². The van der Waals surface area contributed by atoms with Crippen LogP contribution in [0.1, 0.15) is 42.5 Å². The van der Waals surface area contributed by atoms with Crippen molar-refractivity contribution >= 4 is 0 Å². The fraction of sp³-hybridized carbons (Fsp3) is 0.389. The maximum absolute atomic E-state index is 14.6. The number of aromatic nitrogens is 5. The van der Waals surface area contributed by atoms with Crippen molar-refractivity contribution < 1.29 is 13.9 Å². The Morgan fingerprint density at radius 2 is 1.92 bits per heavy atom. The Bertz CT molecular complexity index is 945. The van der Waals surface area contributed by atoms with Gasteiger partial charge < -0.3 is 5.11 Å². The normalized spacial score (nSPS) is 12.6. The van der Waals surface area contributed by atoms with Crippen LogP contribution in [0.2, 0.25) is 0 Å². The van der Waals surface area contributed by atoms with Crippen LogP contribution >= 0.6 is 0 Å². The van der Waals surface area contributed by atoms with Gasteiger partial charge in [0, 0.05) is 37.8 Å². The average Bonchev–Trinajstić information content (AvgIpc) is 3.09. The third-order valence-electron chi connectivity index (χ3n) is 4.29. The Morgan fingerprint density at radius 3 is 2.54 bits per heavy atom. The van der Waals surface area contributed by atoms with E-state index in [1.807, 2.05) is 24.7 Å². The van der Waals surface area contributed by atoms with Gasteiger partial charge in [0.2, 0.25) is 0 Å². The van der Waals surface area contributed by atoms with Crippen LogP contribution in [0.3, 0.4) is 0 Å². The standard InChI is InChI=1S/C18H21F2N5O/c1-5-25-9-12(10(2)21-25)6-16-18(23-24(4)22-16)17-14(11(3)26)7-13(19)8-15(17)20/h7-9,11,26H,5-6H2,1-4H3/t11-/m1/s1. The van der Waals surface area contributed by atoms with E-state index >= 15 is 0 Å². The lowest BCUT2D eigenvalue weighted by molar-refractivity contribution is 0.199. The molecule has 0 amide bonds. The van der Waals surface area contributed by atoms with Gasteiger partial charge in [0.25, 0.3) is 0 Å². The first-order valence-electron chi connectivity index (χ1n) is 8.40. The predicted octanol–water partition coefficient (Wildman–Crippen LogP) is 2.93. The molecular weight excluding hydrogens is 340 g/mol. The molecule has 1 atom stereocenters. The minimum Gasteiger partial charge on any atom is -0.389 e. The van der Waals surface area contributed by atoms with Gasteiger partial charge >= 0.3 is 0 Å². The summed E-state index contributed by atoms with van der Waals surface area (Å²) >= 11 is 0. The quantitative estimate of drug-likeness (QED) is 0.759. The van der Waals surface area contributed by atoms with Crippen LogP contribution in [-0.4, -0.2) is 29.9 Å². The van der Waals surface area contributed by atoms with E-state index in [-0.39, 0.29) is 11.1 Å². The smallest absolute Gasteiger partial charge is 0.136 e. The van der Waals surface area contributed by atoms with Crippen LogP contribution in [0, 0.1) is 18.6 Å². The lowest BCUT2D eigenvalue weighted by Gasteiger charge is -2.12. The van der Waals surface area contributed by atoms with E-state index < -0.39 is 17.7 Å². The summed E-state index contributed by atoms with van der Waals surface area (Å²) in [4.78, 5) is 1.35. The number of nitrogens with zero attached hydrogens (tertiary/aromatic N) is 5. The maximum Gasteiger partial charge on any atom is 0.136 e. The van der Waals surface area contributed by atoms with Crippen LogP contribution in [-0.2, 0) is 20.0 Å². The highest BCUT2D eigenvalue weighted by Crippen LogP contribution is 2.33. The molecule has 0 saturated heterocycles. The zero-order valence-electron chi connectivity index (χ0n) is 15.2. The van der Waals surface area contributed by atoms with Crippen LogP contribution in [0.25, 0.3) is 11.3 Å². The summed E-state index contributed by atoms with van der Waals surface area (Å²) in [5, 5.41) is 23.0. The molecule has 6 nitrogen and oxygen atoms in total. The second-order valence-corrected chi connectivity index (χ2v) is 6.28. The first-order valence-corrected chi connectivity index (χ1v) is 8.40. The average molecular weight is 361 g/mol. The summed E-state index contributed by atoms with van der Waals surface area (Å²) in [5.74, 6) is -1.52. The minimum atomic E-state index is -1.05. The van der Waals surface area contributed by atoms with E-state index in [0.717, 1.165) is 29.9 Å². The Kier molecular flexibility index (Phi) is 4.86. The molecule has 8 heteroatoms. The highest BCUT2D eigenvalue weighted by atomic mass is 19.1. The summed E-state index contributed by atoms with van der Waals surface area (Å²) in [6.45, 7) is 6.10. The molecule has 2 aromatic heterocycles. The molecule has 0 aliphatic rings. The third kappa shape index (κ3) is 3.37. The Balaban J connectivity index is 2.12. The Hall–Kier alpha value is -2.61. The molecule has 0 saturated carbocycles. The molecule has 3 rings (SSSR count). The molecule has 2 heterocycles. The molecule has 0 fully saturated rings. The highest BCUT2D eigenvalue weighted by molar-refractivity contribution is 5.67. The van der Waals surface area contributed by atoms with Crippen molar-refractivity contribution in [3.63, 3.8) is 0 Å². The second kappa shape index (κ2) is 6.95. The molecule has 0 unspecified atom stereocenters. The fourth-order valence-corrected chi connectivity index (χ4v) is 3.01. The van der Waals surface area contributed by atoms with Crippen molar-refractivity contribution in [3.8, 4) is 11.3 Å². The number of benzene rings is 1. The number of hydrogen-bond acceptors (Lipinski definition) is 4. The maximum atomic E-state index is 14.6. The number of hydrogen-bond donors (Lipinski definition) is 1. The van der Waals surface area contributed by atoms with Gasteiger partial charge in [-0.2, -0.15) is 20.1 Å². The van der Waals surface area contributed by atoms with Gasteiger partial charge in [-0.1, -0.05) is 0 Å². The van der Waals surface area contributed by atoms with Crippen LogP contribution < -0.4 is 0 Å². The molecule has 0 radical (unpaired) electrons. The van der Waals surface area contributed by atoms with E-state index in [0.29, 0.717) is 17.8 Å². The zero-order valence-corrected chi connectivity index (χ0v) is 15.2. The van der Waals surface area contributed by atoms with E-state index in [9.17, 15) is 13.9 Å². The lowest BCUT2D eigenvalue weighted by Crippen LogP contribution is -2.02. The van der Waals surface area contributed by atoms with Crippen molar-refractivity contribution in [2.45, 2.75) is 39.8 Å². The van der Waals surface area contributed by atoms with Gasteiger partial charge in [-0.3, -0.25) is 4.68 Å². The largest absolute Gasteiger partial charge is 0.389 e. The molecule has 1 aromatic carbocycles. The number of halogens is 2. The molecular formula is C18H21F2N5O. The topological polar surface area (TPSA) is 68.8 Å². The van der Waals surface area contributed by atoms with Crippen LogP contribution in [0.5, 0.6) is 0 Å². The molecule has 1 N–H and O–H groups in total. The molecule has 0 aliphatic heterocycles. The first kappa shape index (κ1) is 18.2. The molecule has 0 bridgehead atoms.